The van der Waals surface area contributed by atoms with Crippen molar-refractivity contribution >= 4 is 15.9 Å². The van der Waals surface area contributed by atoms with Crippen LogP contribution in [0.15, 0.2) is 9.27 Å². The summed E-state index contributed by atoms with van der Waals surface area (Å²) < 4.78 is 2.33. The maximum Gasteiger partial charge on any atom is 0.281 e. The number of aliphatic hydroxyl groups is 1. The van der Waals surface area contributed by atoms with Crippen LogP contribution in [0, 0.1) is 0 Å². The molecule has 0 saturated heterocycles. The van der Waals surface area contributed by atoms with Crippen LogP contribution in [0.3, 0.4) is 0 Å². The number of aromatic nitrogens is 2. The van der Waals surface area contributed by atoms with Gasteiger partial charge in [0.2, 0.25) is 0 Å². The Kier molecular flexibility index (Phi) is 3.36. The second kappa shape index (κ2) is 4.85. The highest BCUT2D eigenvalue weighted by Crippen LogP contribution is 2.41. The number of rotatable bonds is 2. The van der Waals surface area contributed by atoms with Gasteiger partial charge in [-0.05, 0) is 41.6 Å². The van der Waals surface area contributed by atoms with E-state index < -0.39 is 6.10 Å². The van der Waals surface area contributed by atoms with Gasteiger partial charge in [0.1, 0.15) is 4.47 Å². The van der Waals surface area contributed by atoms with E-state index in [0.29, 0.717) is 10.4 Å². The van der Waals surface area contributed by atoms with Gasteiger partial charge in [0, 0.05) is 5.92 Å². The molecule has 2 N–H and O–H groups in total. The molecule has 2 atom stereocenters. The van der Waals surface area contributed by atoms with Crippen molar-refractivity contribution in [1.29, 1.82) is 0 Å². The van der Waals surface area contributed by atoms with Gasteiger partial charge in [-0.3, -0.25) is 9.89 Å². The summed E-state index contributed by atoms with van der Waals surface area (Å²) in [6.07, 6.45) is 6.90. The largest absolute Gasteiger partial charge is 0.391 e. The highest BCUT2D eigenvalue weighted by molar-refractivity contribution is 9.10. The zero-order valence-electron chi connectivity index (χ0n) is 10.4. The topological polar surface area (TPSA) is 58.0 Å². The van der Waals surface area contributed by atoms with Crippen LogP contribution in [0.25, 0.3) is 0 Å². The average molecular weight is 315 g/mol. The molecular weight excluding hydrogens is 296 g/mol. The van der Waals surface area contributed by atoms with Crippen molar-refractivity contribution in [2.24, 2.45) is 0 Å². The second-order valence-electron chi connectivity index (χ2n) is 5.56. The monoisotopic (exact) mass is 314 g/mol. The zero-order valence-corrected chi connectivity index (χ0v) is 11.9. The lowest BCUT2D eigenvalue weighted by atomic mass is 10.1. The molecule has 18 heavy (non-hydrogen) atoms. The van der Waals surface area contributed by atoms with Crippen LogP contribution in [0.2, 0.25) is 0 Å². The maximum atomic E-state index is 12.3. The standard InChI is InChI=1S/C13H19BrN2O2/c14-11-12(8-6-7-8)15-16(13(11)18)9-4-2-1-3-5-10(9)17/h8-10,15,17H,1-7H2. The van der Waals surface area contributed by atoms with Crippen molar-refractivity contribution in [3.8, 4) is 0 Å². The summed E-state index contributed by atoms with van der Waals surface area (Å²) >= 11 is 3.40. The third-order valence-electron chi connectivity index (χ3n) is 4.15. The SMILES string of the molecule is O=c1c(Br)c(C2CC2)[nH]n1C1CCCCCC1O. The Bertz CT molecular complexity index is 490. The molecule has 0 bridgehead atoms. The first-order chi connectivity index (χ1) is 8.68. The van der Waals surface area contributed by atoms with Crippen LogP contribution in [0.5, 0.6) is 0 Å². The number of hydrogen-bond acceptors (Lipinski definition) is 2. The quantitative estimate of drug-likeness (QED) is 0.825. The number of aromatic amines is 1. The molecule has 1 aromatic rings. The Balaban J connectivity index is 1.94. The molecule has 0 spiro atoms. The molecule has 5 heteroatoms. The van der Waals surface area contributed by atoms with Crippen LogP contribution in [0.4, 0.5) is 0 Å². The Morgan fingerprint density at radius 2 is 1.89 bits per heavy atom. The Morgan fingerprint density at radius 1 is 1.17 bits per heavy atom. The molecular formula is C13H19BrN2O2. The molecule has 0 radical (unpaired) electrons. The summed E-state index contributed by atoms with van der Waals surface area (Å²) in [6, 6.07) is -0.0798. The lowest BCUT2D eigenvalue weighted by molar-refractivity contribution is 0.0971. The molecule has 4 nitrogen and oxygen atoms in total. The maximum absolute atomic E-state index is 12.3. The fourth-order valence-electron chi connectivity index (χ4n) is 2.90. The van der Waals surface area contributed by atoms with Crippen molar-refractivity contribution in [2.45, 2.75) is 63.0 Å². The number of nitrogens with zero attached hydrogens (tertiary/aromatic N) is 1. The molecule has 100 valence electrons. The van der Waals surface area contributed by atoms with Gasteiger partial charge in [-0.25, -0.2) is 4.68 Å². The van der Waals surface area contributed by atoms with E-state index in [0.717, 1.165) is 50.6 Å². The molecule has 0 aromatic carbocycles. The van der Waals surface area contributed by atoms with E-state index in [1.54, 1.807) is 4.68 Å². The first-order valence-corrected chi connectivity index (χ1v) is 7.65. The minimum absolute atomic E-state index is 0.0113. The van der Waals surface area contributed by atoms with Crippen molar-refractivity contribution in [3.05, 3.63) is 20.5 Å². The normalized spacial score (nSPS) is 29.2. The van der Waals surface area contributed by atoms with Gasteiger partial charge in [-0.1, -0.05) is 19.3 Å². The summed E-state index contributed by atoms with van der Waals surface area (Å²) in [4.78, 5) is 12.3. The van der Waals surface area contributed by atoms with Gasteiger partial charge < -0.3 is 5.11 Å². The lowest BCUT2D eigenvalue weighted by Crippen LogP contribution is -2.31. The molecule has 2 aliphatic carbocycles. The molecule has 2 aliphatic rings. The van der Waals surface area contributed by atoms with Gasteiger partial charge in [0.05, 0.1) is 17.8 Å². The van der Waals surface area contributed by atoms with Gasteiger partial charge in [-0.2, -0.15) is 0 Å². The smallest absolute Gasteiger partial charge is 0.281 e. The number of halogens is 1. The summed E-state index contributed by atoms with van der Waals surface area (Å²) in [6.45, 7) is 0. The van der Waals surface area contributed by atoms with Crippen LogP contribution in [-0.2, 0) is 0 Å². The van der Waals surface area contributed by atoms with Crippen molar-refractivity contribution < 1.29 is 5.11 Å². The molecule has 2 unspecified atom stereocenters. The Labute approximate surface area is 114 Å². The predicted octanol–water partition coefficient (Wildman–Crippen LogP) is 2.68. The molecule has 2 saturated carbocycles. The van der Waals surface area contributed by atoms with E-state index in [4.69, 9.17) is 0 Å². The van der Waals surface area contributed by atoms with E-state index in [1.807, 2.05) is 0 Å². The van der Waals surface area contributed by atoms with Crippen molar-refractivity contribution in [2.75, 3.05) is 0 Å². The number of aliphatic hydroxyl groups excluding tert-OH is 1. The molecule has 0 amide bonds. The summed E-state index contributed by atoms with van der Waals surface area (Å²) in [5.41, 5.74) is 1.01. The van der Waals surface area contributed by atoms with E-state index in [2.05, 4.69) is 21.0 Å². The molecule has 2 fully saturated rings. The summed E-state index contributed by atoms with van der Waals surface area (Å²) in [5, 5.41) is 13.4. The van der Waals surface area contributed by atoms with Crippen molar-refractivity contribution in [3.63, 3.8) is 0 Å². The Hall–Kier alpha value is -0.550. The molecule has 1 aromatic heterocycles. The highest BCUT2D eigenvalue weighted by atomic mass is 79.9. The molecule has 0 aliphatic heterocycles. The summed E-state index contributed by atoms with van der Waals surface area (Å²) in [7, 11) is 0. The average Bonchev–Trinajstić information content (AvgIpc) is 3.15. The third-order valence-corrected chi connectivity index (χ3v) is 4.91. The van der Waals surface area contributed by atoms with Crippen LogP contribution >= 0.6 is 15.9 Å². The predicted molar refractivity (Wildman–Crippen MR) is 72.9 cm³/mol. The van der Waals surface area contributed by atoms with Crippen LogP contribution in [-0.4, -0.2) is 21.0 Å². The van der Waals surface area contributed by atoms with E-state index in [9.17, 15) is 9.90 Å². The van der Waals surface area contributed by atoms with Crippen molar-refractivity contribution in [1.82, 2.24) is 9.78 Å². The van der Waals surface area contributed by atoms with Gasteiger partial charge in [0.25, 0.3) is 5.56 Å². The first-order valence-electron chi connectivity index (χ1n) is 6.86. The van der Waals surface area contributed by atoms with E-state index in [1.165, 1.54) is 0 Å². The minimum atomic E-state index is -0.400. The number of hydrogen-bond donors (Lipinski definition) is 2. The van der Waals surface area contributed by atoms with Gasteiger partial charge >= 0.3 is 0 Å². The van der Waals surface area contributed by atoms with Gasteiger partial charge in [0.15, 0.2) is 0 Å². The lowest BCUT2D eigenvalue weighted by Gasteiger charge is -2.20. The molecule has 3 rings (SSSR count). The summed E-state index contributed by atoms with van der Waals surface area (Å²) in [5.74, 6) is 0.510. The number of H-pyrrole nitrogens is 1. The van der Waals surface area contributed by atoms with E-state index >= 15 is 0 Å². The molecule has 1 heterocycles. The Morgan fingerprint density at radius 3 is 2.61 bits per heavy atom. The number of nitrogens with one attached hydrogen (secondary N) is 1. The van der Waals surface area contributed by atoms with Gasteiger partial charge in [-0.15, -0.1) is 0 Å². The fraction of sp³-hybridized carbons (Fsp3) is 0.769. The third kappa shape index (κ3) is 2.18. The highest BCUT2D eigenvalue weighted by Gasteiger charge is 2.32. The first kappa shape index (κ1) is 12.5. The minimum Gasteiger partial charge on any atom is -0.391 e. The van der Waals surface area contributed by atoms with Crippen LogP contribution in [0.1, 0.15) is 62.6 Å². The fourth-order valence-corrected chi connectivity index (χ4v) is 3.50. The second-order valence-corrected chi connectivity index (χ2v) is 6.35. The van der Waals surface area contributed by atoms with E-state index in [-0.39, 0.29) is 11.6 Å². The van der Waals surface area contributed by atoms with Crippen LogP contribution < -0.4 is 5.56 Å². The zero-order chi connectivity index (χ0) is 12.7.